The van der Waals surface area contributed by atoms with Gasteiger partial charge in [-0.3, -0.25) is 4.79 Å². The molecule has 10 heteroatoms. The van der Waals surface area contributed by atoms with Crippen molar-refractivity contribution in [3.8, 4) is 0 Å². The van der Waals surface area contributed by atoms with Crippen LogP contribution in [0.25, 0.3) is 0 Å². The van der Waals surface area contributed by atoms with Crippen LogP contribution in [0.4, 0.5) is 4.79 Å². The number of carbonyl (C=O) groups is 2. The van der Waals surface area contributed by atoms with Gasteiger partial charge in [0, 0.05) is 38.7 Å². The third-order valence-electron chi connectivity index (χ3n) is 10.0. The van der Waals surface area contributed by atoms with Crippen LogP contribution in [0.3, 0.4) is 0 Å². The average Bonchev–Trinajstić information content (AvgIpc) is 3.07. The first-order valence-electron chi connectivity index (χ1n) is 18.4. The molecule has 0 aliphatic carbocycles. The Morgan fingerprint density at radius 3 is 2.43 bits per heavy atom. The van der Waals surface area contributed by atoms with Crippen LogP contribution in [0, 0.1) is 17.8 Å². The molecule has 1 amide bonds. The van der Waals surface area contributed by atoms with Crippen LogP contribution < -0.4 is 11.5 Å². The summed E-state index contributed by atoms with van der Waals surface area (Å²) >= 11 is 0. The zero-order valence-electron chi connectivity index (χ0n) is 32.5. The van der Waals surface area contributed by atoms with Crippen molar-refractivity contribution >= 4 is 11.9 Å². The number of rotatable bonds is 19. The summed E-state index contributed by atoms with van der Waals surface area (Å²) in [5.41, 5.74) is 12.5. The van der Waals surface area contributed by atoms with Gasteiger partial charge in [-0.15, -0.1) is 0 Å². The number of methoxy groups -OCH3 is 2. The molecule has 2 fully saturated rings. The second-order valence-electron chi connectivity index (χ2n) is 14.9. The van der Waals surface area contributed by atoms with Gasteiger partial charge < -0.3 is 40.3 Å². The van der Waals surface area contributed by atoms with Gasteiger partial charge in [0.2, 0.25) is 5.78 Å². The molecule has 0 aromatic heterocycles. The van der Waals surface area contributed by atoms with Crippen molar-refractivity contribution in [1.29, 1.82) is 0 Å². The van der Waals surface area contributed by atoms with Crippen LogP contribution in [0.15, 0.2) is 72.1 Å². The monoisotopic (exact) mass is 714 g/mol. The minimum Gasteiger partial charge on any atom is -0.494 e. The minimum atomic E-state index is -0.963. The molecule has 288 valence electrons. The van der Waals surface area contributed by atoms with Crippen LogP contribution >= 0.6 is 0 Å². The lowest BCUT2D eigenvalue weighted by Gasteiger charge is -2.47. The highest BCUT2D eigenvalue weighted by Crippen LogP contribution is 2.39. The molecule has 0 aromatic rings. The molecule has 0 radical (unpaired) electrons. The summed E-state index contributed by atoms with van der Waals surface area (Å²) in [5, 5.41) is 11.5. The number of hydrogen-bond donors (Lipinski definition) is 3. The Bertz CT molecular complexity index is 1280. The highest BCUT2D eigenvalue weighted by Gasteiger charge is 2.45. The second-order valence-corrected chi connectivity index (χ2v) is 14.9. The fourth-order valence-corrected chi connectivity index (χ4v) is 7.02. The number of nitrogens with two attached hydrogens (primary N) is 2. The van der Waals surface area contributed by atoms with Crippen molar-refractivity contribution in [1.82, 2.24) is 0 Å². The van der Waals surface area contributed by atoms with E-state index < -0.39 is 29.6 Å². The van der Waals surface area contributed by atoms with E-state index in [1.165, 1.54) is 12.7 Å². The number of amides is 1. The molecule has 2 saturated heterocycles. The summed E-state index contributed by atoms with van der Waals surface area (Å²) in [6.07, 6.45) is 18.7. The van der Waals surface area contributed by atoms with E-state index in [-0.39, 0.29) is 60.5 Å². The van der Waals surface area contributed by atoms with Gasteiger partial charge in [0.25, 0.3) is 0 Å². The first-order chi connectivity index (χ1) is 24.0. The fraction of sp³-hybridized carbons (Fsp3) is 0.659. The third kappa shape index (κ3) is 15.2. The number of aliphatic hydroxyl groups is 1. The van der Waals surface area contributed by atoms with Gasteiger partial charge in [0.1, 0.15) is 6.10 Å². The summed E-state index contributed by atoms with van der Waals surface area (Å²) < 4.78 is 29.4. The molecule has 51 heavy (non-hydrogen) atoms. The first-order valence-corrected chi connectivity index (χ1v) is 18.4. The number of allylic oxidation sites excluding steroid dienone is 8. The Morgan fingerprint density at radius 1 is 1.10 bits per heavy atom. The van der Waals surface area contributed by atoms with Crippen molar-refractivity contribution < 1.29 is 38.4 Å². The van der Waals surface area contributed by atoms with Crippen molar-refractivity contribution in [3.05, 3.63) is 72.1 Å². The molecule has 0 aromatic carbocycles. The van der Waals surface area contributed by atoms with E-state index in [0.717, 1.165) is 24.8 Å². The molecule has 11 atom stereocenters. The van der Waals surface area contributed by atoms with Crippen molar-refractivity contribution in [2.75, 3.05) is 14.2 Å². The normalized spacial score (nSPS) is 30.3. The largest absolute Gasteiger partial charge is 0.494 e. The maximum atomic E-state index is 12.3. The lowest BCUT2D eigenvalue weighted by Crippen LogP contribution is -2.53. The maximum absolute atomic E-state index is 12.3. The number of ether oxygens (including phenoxy) is 5. The molecule has 5 N–H and O–H groups in total. The highest BCUT2D eigenvalue weighted by atomic mass is 16.6. The topological polar surface area (TPSA) is 153 Å². The van der Waals surface area contributed by atoms with E-state index >= 15 is 0 Å². The third-order valence-corrected chi connectivity index (χ3v) is 10.0. The second kappa shape index (κ2) is 21.5. The van der Waals surface area contributed by atoms with E-state index in [0.29, 0.717) is 19.3 Å². The predicted molar refractivity (Wildman–Crippen MR) is 203 cm³/mol. The molecule has 2 aliphatic heterocycles. The number of ketones is 1. The standard InChI is InChI=1S/C41H66N2O8/c1-11-12-13-14-27(3)19-29(5)36-23-33(48-10)21-34(49-36)24-37-30(6)25-41(8,46)38(51-37)20-28(4)16-15-26(2)17-18-32(50-40(43)45)22-35(42)39(44)31(7)47-9/h11-17,19,28-30,32-38,46H,7,18,20-25,42H2,1-6,8-10H3,(H2,43,45)/b12-11+,14-13+,16-15+,26-17+,27-19+. The number of hydrogen-bond acceptors (Lipinski definition) is 9. The van der Waals surface area contributed by atoms with Gasteiger partial charge in [0.15, 0.2) is 5.76 Å². The van der Waals surface area contributed by atoms with E-state index in [9.17, 15) is 14.7 Å². The van der Waals surface area contributed by atoms with Crippen LogP contribution in [0.1, 0.15) is 93.4 Å². The van der Waals surface area contributed by atoms with Gasteiger partial charge in [-0.25, -0.2) is 4.79 Å². The summed E-state index contributed by atoms with van der Waals surface area (Å²) in [4.78, 5) is 23.8. The Hall–Kier alpha value is -3.02. The summed E-state index contributed by atoms with van der Waals surface area (Å²) in [7, 11) is 3.12. The molecule has 11 unspecified atom stereocenters. The van der Waals surface area contributed by atoms with Crippen LogP contribution in [-0.2, 0) is 28.5 Å². The highest BCUT2D eigenvalue weighted by molar-refractivity contribution is 5.97. The summed E-state index contributed by atoms with van der Waals surface area (Å²) in [5.74, 6) is -0.0138. The van der Waals surface area contributed by atoms with Gasteiger partial charge in [-0.1, -0.05) is 87.1 Å². The van der Waals surface area contributed by atoms with E-state index in [1.54, 1.807) is 7.11 Å². The Morgan fingerprint density at radius 2 is 1.80 bits per heavy atom. The molecule has 0 bridgehead atoms. The lowest BCUT2D eigenvalue weighted by atomic mass is 9.77. The summed E-state index contributed by atoms with van der Waals surface area (Å²) in [6.45, 7) is 17.9. The van der Waals surface area contributed by atoms with Crippen molar-refractivity contribution in [2.24, 2.45) is 29.2 Å². The quantitative estimate of drug-likeness (QED) is 0.0728. The zero-order valence-corrected chi connectivity index (χ0v) is 32.5. The SMILES string of the molecule is C=C(OC)C(=O)C(N)CC(C/C=C(C)/C=C/C(C)CC1OC(CC2CC(OC)CC(C(C)/C=C(C)/C=C/C=C/C)O2)C(C)CC1(C)O)OC(N)=O. The van der Waals surface area contributed by atoms with Gasteiger partial charge in [0.05, 0.1) is 49.3 Å². The smallest absolute Gasteiger partial charge is 0.404 e. The van der Waals surface area contributed by atoms with Gasteiger partial charge in [-0.05, 0) is 58.8 Å². The molecule has 0 saturated carbocycles. The number of primary amides is 1. The molecular formula is C41H66N2O8. The molecule has 2 rings (SSSR count). The summed E-state index contributed by atoms with van der Waals surface area (Å²) in [6, 6.07) is -0.945. The zero-order chi connectivity index (χ0) is 38.3. The predicted octanol–water partition coefficient (Wildman–Crippen LogP) is 7.03. The van der Waals surface area contributed by atoms with Crippen molar-refractivity contribution in [2.45, 2.75) is 142 Å². The van der Waals surface area contributed by atoms with E-state index in [1.807, 2.05) is 45.1 Å². The number of Topliss-reactive ketones (excluding diaryl/α,β-unsaturated/α-hetero) is 1. The Balaban J connectivity index is 2.06. The maximum Gasteiger partial charge on any atom is 0.404 e. The molecule has 2 aliphatic rings. The van der Waals surface area contributed by atoms with Crippen molar-refractivity contribution in [3.63, 3.8) is 0 Å². The van der Waals surface area contributed by atoms with E-state index in [2.05, 4.69) is 58.6 Å². The van der Waals surface area contributed by atoms with Gasteiger partial charge in [-0.2, -0.15) is 0 Å². The number of carbonyl (C=O) groups excluding carboxylic acids is 2. The van der Waals surface area contributed by atoms with E-state index in [4.69, 9.17) is 35.2 Å². The minimum absolute atomic E-state index is 0.00137. The van der Waals surface area contributed by atoms with Gasteiger partial charge >= 0.3 is 6.09 Å². The van der Waals surface area contributed by atoms with Crippen LogP contribution in [0.2, 0.25) is 0 Å². The Kier molecular flexibility index (Phi) is 18.6. The average molecular weight is 715 g/mol. The fourth-order valence-electron chi connectivity index (χ4n) is 7.02. The lowest BCUT2D eigenvalue weighted by molar-refractivity contribution is -0.208. The van der Waals surface area contributed by atoms with Crippen LogP contribution in [0.5, 0.6) is 0 Å². The molecule has 10 nitrogen and oxygen atoms in total. The Labute approximate surface area is 307 Å². The molecule has 0 spiro atoms. The molecular weight excluding hydrogens is 648 g/mol. The molecule has 2 heterocycles. The first kappa shape index (κ1) is 44.1. The van der Waals surface area contributed by atoms with Crippen LogP contribution in [-0.4, -0.2) is 79.5 Å².